The third-order valence-electron chi connectivity index (χ3n) is 3.40. The molecule has 8 heteroatoms. The van der Waals surface area contributed by atoms with Crippen LogP contribution in [0.15, 0.2) is 24.3 Å². The zero-order valence-electron chi connectivity index (χ0n) is 14.5. The molecular weight excluding hydrogens is 340 g/mol. The molecule has 2 rings (SSSR count). The minimum atomic E-state index is -0.172. The predicted octanol–water partition coefficient (Wildman–Crippen LogP) is 2.82. The normalized spacial score (nSPS) is 10.6. The Labute approximate surface area is 150 Å². The molecule has 0 unspecified atom stereocenters. The topological polar surface area (TPSA) is 93.2 Å². The molecule has 0 aliphatic heterocycles. The van der Waals surface area contributed by atoms with Crippen molar-refractivity contribution in [1.82, 2.24) is 15.5 Å². The Morgan fingerprint density at radius 1 is 1.20 bits per heavy atom. The van der Waals surface area contributed by atoms with Gasteiger partial charge in [-0.1, -0.05) is 25.2 Å². The van der Waals surface area contributed by atoms with Crippen LogP contribution in [0.4, 0.5) is 5.13 Å². The Morgan fingerprint density at radius 3 is 2.52 bits per heavy atom. The van der Waals surface area contributed by atoms with Gasteiger partial charge in [-0.15, -0.1) is 10.2 Å². The number of hydrogen-bond donors (Lipinski definition) is 2. The molecule has 0 bridgehead atoms. The summed E-state index contributed by atoms with van der Waals surface area (Å²) < 4.78 is 5.05. The average molecular weight is 362 g/mol. The summed E-state index contributed by atoms with van der Waals surface area (Å²) in [5.74, 6) is 0.681. The SMILES string of the molecule is COc1ccc(C(=O)NCCCC(=O)Nc2nnc(C(C)C)s2)cc1. The third-order valence-corrected chi connectivity index (χ3v) is 4.54. The van der Waals surface area contributed by atoms with E-state index in [-0.39, 0.29) is 17.7 Å². The lowest BCUT2D eigenvalue weighted by Gasteiger charge is -2.06. The fraction of sp³-hybridized carbons (Fsp3) is 0.412. The number of benzene rings is 1. The summed E-state index contributed by atoms with van der Waals surface area (Å²) in [6.07, 6.45) is 0.850. The number of carbonyl (C=O) groups excluding carboxylic acids is 2. The van der Waals surface area contributed by atoms with Crippen LogP contribution in [0.2, 0.25) is 0 Å². The van der Waals surface area contributed by atoms with E-state index < -0.39 is 0 Å². The minimum absolute atomic E-state index is 0.134. The Balaban J connectivity index is 1.69. The summed E-state index contributed by atoms with van der Waals surface area (Å²) in [6, 6.07) is 6.86. The van der Waals surface area contributed by atoms with Crippen molar-refractivity contribution in [3.63, 3.8) is 0 Å². The molecule has 0 radical (unpaired) electrons. The monoisotopic (exact) mass is 362 g/mol. The van der Waals surface area contributed by atoms with E-state index in [2.05, 4.69) is 20.8 Å². The van der Waals surface area contributed by atoms with E-state index in [1.165, 1.54) is 11.3 Å². The van der Waals surface area contributed by atoms with E-state index in [0.29, 0.717) is 35.8 Å². The molecule has 7 nitrogen and oxygen atoms in total. The van der Waals surface area contributed by atoms with E-state index in [9.17, 15) is 9.59 Å². The Bertz CT molecular complexity index is 713. The van der Waals surface area contributed by atoms with E-state index >= 15 is 0 Å². The molecule has 2 aromatic rings. The lowest BCUT2D eigenvalue weighted by molar-refractivity contribution is -0.116. The zero-order chi connectivity index (χ0) is 18.2. The number of hydrogen-bond acceptors (Lipinski definition) is 6. The molecule has 1 aromatic heterocycles. The molecule has 2 N–H and O–H groups in total. The maximum absolute atomic E-state index is 12.0. The number of ether oxygens (including phenoxy) is 1. The first-order valence-corrected chi connectivity index (χ1v) is 8.86. The standard InChI is InChI=1S/C17H22N4O3S/c1-11(2)16-20-21-17(25-16)19-14(22)5-4-10-18-15(23)12-6-8-13(24-3)9-7-12/h6-9,11H,4-5,10H2,1-3H3,(H,18,23)(H,19,21,22). The van der Waals surface area contributed by atoms with Gasteiger partial charge in [-0.3, -0.25) is 9.59 Å². The zero-order valence-corrected chi connectivity index (χ0v) is 15.4. The van der Waals surface area contributed by atoms with Crippen LogP contribution in [0.3, 0.4) is 0 Å². The van der Waals surface area contributed by atoms with Crippen molar-refractivity contribution in [2.75, 3.05) is 19.0 Å². The maximum Gasteiger partial charge on any atom is 0.251 e. The highest BCUT2D eigenvalue weighted by Crippen LogP contribution is 2.22. The fourth-order valence-electron chi connectivity index (χ4n) is 2.00. The lowest BCUT2D eigenvalue weighted by Crippen LogP contribution is -2.25. The fourth-order valence-corrected chi connectivity index (χ4v) is 2.76. The van der Waals surface area contributed by atoms with Crippen molar-refractivity contribution in [3.8, 4) is 5.75 Å². The van der Waals surface area contributed by atoms with E-state index in [0.717, 1.165) is 5.01 Å². The van der Waals surface area contributed by atoms with Crippen LogP contribution in [0.5, 0.6) is 5.75 Å². The molecular formula is C17H22N4O3S. The van der Waals surface area contributed by atoms with Crippen molar-refractivity contribution < 1.29 is 14.3 Å². The summed E-state index contributed by atoms with van der Waals surface area (Å²) in [5.41, 5.74) is 0.556. The number of methoxy groups -OCH3 is 1. The number of amides is 2. The second-order valence-corrected chi connectivity index (χ2v) is 6.75. The van der Waals surface area contributed by atoms with Crippen LogP contribution >= 0.6 is 11.3 Å². The molecule has 0 spiro atoms. The number of aromatic nitrogens is 2. The quantitative estimate of drug-likeness (QED) is 0.704. The van der Waals surface area contributed by atoms with Gasteiger partial charge in [0.15, 0.2) is 0 Å². The maximum atomic E-state index is 12.0. The molecule has 0 fully saturated rings. The summed E-state index contributed by atoms with van der Waals surface area (Å²) in [5, 5.41) is 14.9. The largest absolute Gasteiger partial charge is 0.497 e. The highest BCUT2D eigenvalue weighted by atomic mass is 32.1. The summed E-state index contributed by atoms with van der Waals surface area (Å²) in [7, 11) is 1.57. The van der Waals surface area contributed by atoms with Gasteiger partial charge in [0.1, 0.15) is 10.8 Å². The molecule has 0 aliphatic carbocycles. The van der Waals surface area contributed by atoms with Crippen molar-refractivity contribution in [1.29, 1.82) is 0 Å². The van der Waals surface area contributed by atoms with Crippen LogP contribution < -0.4 is 15.4 Å². The van der Waals surface area contributed by atoms with Gasteiger partial charge in [-0.2, -0.15) is 0 Å². The van der Waals surface area contributed by atoms with Crippen LogP contribution in [0.1, 0.15) is 48.0 Å². The lowest BCUT2D eigenvalue weighted by atomic mass is 10.2. The third kappa shape index (κ3) is 5.82. The van der Waals surface area contributed by atoms with Crippen molar-refractivity contribution in [2.24, 2.45) is 0 Å². The molecule has 1 heterocycles. The smallest absolute Gasteiger partial charge is 0.251 e. The van der Waals surface area contributed by atoms with Crippen LogP contribution in [-0.4, -0.2) is 35.7 Å². The van der Waals surface area contributed by atoms with Crippen LogP contribution in [-0.2, 0) is 4.79 Å². The first-order valence-electron chi connectivity index (χ1n) is 8.05. The molecule has 0 aliphatic rings. The number of rotatable bonds is 8. The van der Waals surface area contributed by atoms with Gasteiger partial charge in [-0.25, -0.2) is 0 Å². The second-order valence-electron chi connectivity index (χ2n) is 5.74. The summed E-state index contributed by atoms with van der Waals surface area (Å²) in [4.78, 5) is 23.9. The first kappa shape index (κ1) is 18.9. The molecule has 2 amide bonds. The molecule has 0 saturated carbocycles. The Kier molecular flexibility index (Phi) is 6.88. The van der Waals surface area contributed by atoms with Crippen molar-refractivity contribution in [3.05, 3.63) is 34.8 Å². The number of carbonyl (C=O) groups is 2. The highest BCUT2D eigenvalue weighted by Gasteiger charge is 2.10. The van der Waals surface area contributed by atoms with Crippen LogP contribution in [0, 0.1) is 0 Å². The van der Waals surface area contributed by atoms with E-state index in [4.69, 9.17) is 4.74 Å². The second kappa shape index (κ2) is 9.12. The van der Waals surface area contributed by atoms with Crippen molar-refractivity contribution in [2.45, 2.75) is 32.6 Å². The van der Waals surface area contributed by atoms with Crippen LogP contribution in [0.25, 0.3) is 0 Å². The summed E-state index contributed by atoms with van der Waals surface area (Å²) in [6.45, 7) is 4.47. The van der Waals surface area contributed by atoms with Gasteiger partial charge in [0.2, 0.25) is 11.0 Å². The molecule has 1 aromatic carbocycles. The molecule has 25 heavy (non-hydrogen) atoms. The van der Waals surface area contributed by atoms with Gasteiger partial charge in [0.25, 0.3) is 5.91 Å². The predicted molar refractivity (Wildman–Crippen MR) is 97.2 cm³/mol. The number of nitrogens with zero attached hydrogens (tertiary/aromatic N) is 2. The minimum Gasteiger partial charge on any atom is -0.497 e. The van der Waals surface area contributed by atoms with Gasteiger partial charge >= 0.3 is 0 Å². The molecule has 134 valence electrons. The van der Waals surface area contributed by atoms with Gasteiger partial charge in [-0.05, 0) is 30.7 Å². The summed E-state index contributed by atoms with van der Waals surface area (Å²) >= 11 is 1.38. The van der Waals surface area contributed by atoms with Gasteiger partial charge in [0.05, 0.1) is 7.11 Å². The Morgan fingerprint density at radius 2 is 1.92 bits per heavy atom. The Hall–Kier alpha value is -2.48. The molecule has 0 saturated heterocycles. The van der Waals surface area contributed by atoms with E-state index in [1.54, 1.807) is 31.4 Å². The number of anilines is 1. The molecule has 0 atom stereocenters. The first-order chi connectivity index (χ1) is 12.0. The van der Waals surface area contributed by atoms with Gasteiger partial charge in [0, 0.05) is 24.4 Å². The average Bonchev–Trinajstić information content (AvgIpc) is 3.07. The van der Waals surface area contributed by atoms with Crippen molar-refractivity contribution >= 4 is 28.3 Å². The number of nitrogens with one attached hydrogen (secondary N) is 2. The van der Waals surface area contributed by atoms with E-state index in [1.807, 2.05) is 13.8 Å². The highest BCUT2D eigenvalue weighted by molar-refractivity contribution is 7.15. The van der Waals surface area contributed by atoms with Gasteiger partial charge < -0.3 is 15.4 Å².